The van der Waals surface area contributed by atoms with Gasteiger partial charge in [0.05, 0.1) is 46.7 Å². The van der Waals surface area contributed by atoms with Crippen LogP contribution in [0, 0.1) is 5.82 Å². The number of hydrogen-bond donors (Lipinski definition) is 2. The van der Waals surface area contributed by atoms with Crippen LogP contribution in [0.3, 0.4) is 0 Å². The van der Waals surface area contributed by atoms with Crippen LogP contribution >= 0.6 is 11.6 Å². The maximum Gasteiger partial charge on any atom is 0.336 e. The Hall–Kier alpha value is -3.92. The van der Waals surface area contributed by atoms with E-state index in [4.69, 9.17) is 11.6 Å². The molecule has 36 heavy (non-hydrogen) atoms. The maximum atomic E-state index is 13.6. The molecular formula is C25H23ClFN5O4. The number of rotatable bonds is 5. The number of nitrogens with one attached hydrogen (secondary N) is 1. The first kappa shape index (κ1) is 23.8. The Balaban J connectivity index is 1.36. The summed E-state index contributed by atoms with van der Waals surface area (Å²) in [4.78, 5) is 41.4. The third-order valence-corrected chi connectivity index (χ3v) is 7.18. The third kappa shape index (κ3) is 4.07. The van der Waals surface area contributed by atoms with E-state index in [1.807, 2.05) is 0 Å². The summed E-state index contributed by atoms with van der Waals surface area (Å²) in [6.07, 6.45) is 2.80. The number of aromatic nitrogens is 2. The fourth-order valence-electron chi connectivity index (χ4n) is 4.73. The smallest absolute Gasteiger partial charge is 0.336 e. The van der Waals surface area contributed by atoms with Gasteiger partial charge in [0.1, 0.15) is 5.82 Å². The minimum absolute atomic E-state index is 0.0982. The van der Waals surface area contributed by atoms with Crippen LogP contribution in [0.1, 0.15) is 44.8 Å². The molecule has 2 aliphatic rings. The molecule has 0 saturated heterocycles. The Morgan fingerprint density at radius 3 is 2.58 bits per heavy atom. The van der Waals surface area contributed by atoms with Gasteiger partial charge >= 0.3 is 12.0 Å². The van der Waals surface area contributed by atoms with Gasteiger partial charge in [0.2, 0.25) is 0 Å². The fourth-order valence-corrected chi connectivity index (χ4v) is 4.91. The summed E-state index contributed by atoms with van der Waals surface area (Å²) < 4.78 is 15.1. The molecule has 3 amide bonds. The van der Waals surface area contributed by atoms with E-state index in [9.17, 15) is 23.9 Å². The molecule has 2 aromatic carbocycles. The molecule has 9 nitrogen and oxygen atoms in total. The number of aromatic carboxylic acids is 1. The molecule has 1 aliphatic carbocycles. The average Bonchev–Trinajstić information content (AvgIpc) is 3.58. The fraction of sp³-hybridized carbons (Fsp3) is 0.280. The van der Waals surface area contributed by atoms with Crippen LogP contribution in [-0.2, 0) is 18.6 Å². The van der Waals surface area contributed by atoms with Gasteiger partial charge in [-0.1, -0.05) is 29.8 Å². The normalized spacial score (nSPS) is 15.7. The zero-order chi connectivity index (χ0) is 25.6. The number of hydrogen-bond acceptors (Lipinski definition) is 4. The number of carboxylic acids is 1. The van der Waals surface area contributed by atoms with Crippen molar-refractivity contribution >= 4 is 35.2 Å². The highest BCUT2D eigenvalue weighted by Gasteiger charge is 2.52. The van der Waals surface area contributed by atoms with E-state index in [0.717, 1.165) is 0 Å². The highest BCUT2D eigenvalue weighted by Crippen LogP contribution is 2.52. The lowest BCUT2D eigenvalue weighted by Crippen LogP contribution is -2.42. The predicted octanol–water partition coefficient (Wildman–Crippen LogP) is 4.18. The molecule has 11 heteroatoms. The van der Waals surface area contributed by atoms with Crippen LogP contribution in [0.25, 0.3) is 0 Å². The van der Waals surface area contributed by atoms with Gasteiger partial charge in [0.15, 0.2) is 0 Å². The van der Waals surface area contributed by atoms with Crippen LogP contribution < -0.4 is 5.32 Å². The number of carbonyl (C=O) groups is 3. The molecular weight excluding hydrogens is 489 g/mol. The SMILES string of the molecule is CN(C(=O)c1cnn2c1CN(C(=O)Nc1ccc(F)c(Cl)c1)CC2)C1(c2ccccc2C(=O)O)CC1. The summed E-state index contributed by atoms with van der Waals surface area (Å²) in [5.74, 6) is -1.91. The quantitative estimate of drug-likeness (QED) is 0.534. The van der Waals surface area contributed by atoms with E-state index in [-0.39, 0.29) is 23.0 Å². The van der Waals surface area contributed by atoms with E-state index < -0.39 is 23.4 Å². The first-order valence-corrected chi connectivity index (χ1v) is 11.8. The number of anilines is 1. The molecule has 0 bridgehead atoms. The molecule has 1 fully saturated rings. The number of benzene rings is 2. The molecule has 1 saturated carbocycles. The van der Waals surface area contributed by atoms with E-state index in [1.54, 1.807) is 40.9 Å². The molecule has 0 atom stereocenters. The van der Waals surface area contributed by atoms with Crippen molar-refractivity contribution in [3.8, 4) is 0 Å². The van der Waals surface area contributed by atoms with Gasteiger partial charge in [-0.3, -0.25) is 9.48 Å². The Bertz CT molecular complexity index is 1390. The van der Waals surface area contributed by atoms with Crippen LogP contribution in [0.15, 0.2) is 48.7 Å². The number of nitrogens with zero attached hydrogens (tertiary/aromatic N) is 4. The number of carboxylic acid groups (broad SMARTS) is 1. The molecule has 0 unspecified atom stereocenters. The number of carbonyl (C=O) groups excluding carboxylic acids is 2. The second kappa shape index (κ2) is 8.94. The lowest BCUT2D eigenvalue weighted by molar-refractivity contribution is 0.0661. The second-order valence-electron chi connectivity index (χ2n) is 8.96. The highest BCUT2D eigenvalue weighted by atomic mass is 35.5. The first-order valence-electron chi connectivity index (χ1n) is 11.4. The zero-order valence-electron chi connectivity index (χ0n) is 19.4. The predicted molar refractivity (Wildman–Crippen MR) is 129 cm³/mol. The zero-order valence-corrected chi connectivity index (χ0v) is 20.1. The topological polar surface area (TPSA) is 108 Å². The molecule has 3 aromatic rings. The van der Waals surface area contributed by atoms with Gasteiger partial charge in [-0.2, -0.15) is 5.10 Å². The van der Waals surface area contributed by atoms with Crippen LogP contribution in [0.4, 0.5) is 14.9 Å². The number of halogens is 2. The molecule has 2 heterocycles. The standard InChI is InChI=1S/C25H23ClFN5O4/c1-30(25(8-9-25)18-5-3-2-4-16(18)23(34)35)22(33)17-13-28-32-11-10-31(14-21(17)32)24(36)29-15-6-7-20(27)19(26)12-15/h2-7,12-13H,8-11,14H2,1H3,(H,29,36)(H,34,35). The van der Waals surface area contributed by atoms with E-state index in [2.05, 4.69) is 10.4 Å². The molecule has 5 rings (SSSR count). The molecule has 0 radical (unpaired) electrons. The van der Waals surface area contributed by atoms with Gasteiger partial charge in [0.25, 0.3) is 5.91 Å². The van der Waals surface area contributed by atoms with Crippen molar-refractivity contribution in [3.63, 3.8) is 0 Å². The summed E-state index contributed by atoms with van der Waals surface area (Å²) >= 11 is 5.81. The summed E-state index contributed by atoms with van der Waals surface area (Å²) in [7, 11) is 1.67. The summed E-state index contributed by atoms with van der Waals surface area (Å²) in [6.45, 7) is 0.917. The van der Waals surface area contributed by atoms with Crippen molar-refractivity contribution < 1.29 is 23.9 Å². The van der Waals surface area contributed by atoms with Crippen LogP contribution in [0.5, 0.6) is 0 Å². The number of fused-ring (bicyclic) bond motifs is 1. The molecule has 1 aromatic heterocycles. The van der Waals surface area contributed by atoms with Crippen LogP contribution in [-0.4, -0.2) is 56.2 Å². The van der Waals surface area contributed by atoms with E-state index >= 15 is 0 Å². The highest BCUT2D eigenvalue weighted by molar-refractivity contribution is 6.31. The Kier molecular flexibility index (Phi) is 5.91. The van der Waals surface area contributed by atoms with E-state index in [1.165, 1.54) is 29.3 Å². The van der Waals surface area contributed by atoms with Crippen molar-refractivity contribution in [3.05, 3.63) is 81.9 Å². The molecule has 0 spiro atoms. The van der Waals surface area contributed by atoms with Crippen molar-refractivity contribution in [1.82, 2.24) is 19.6 Å². The second-order valence-corrected chi connectivity index (χ2v) is 9.36. The lowest BCUT2D eigenvalue weighted by atomic mass is 9.96. The minimum atomic E-state index is -1.04. The van der Waals surface area contributed by atoms with Gasteiger partial charge in [0, 0.05) is 19.3 Å². The third-order valence-electron chi connectivity index (χ3n) is 6.89. The van der Waals surface area contributed by atoms with Gasteiger partial charge in [-0.05, 0) is 42.7 Å². The molecule has 186 valence electrons. The Morgan fingerprint density at radius 1 is 1.14 bits per heavy atom. The summed E-state index contributed by atoms with van der Waals surface area (Å²) in [6, 6.07) is 10.2. The summed E-state index contributed by atoms with van der Waals surface area (Å²) in [5.41, 5.74) is 1.39. The molecule has 1 aliphatic heterocycles. The van der Waals surface area contributed by atoms with Crippen molar-refractivity contribution in [2.24, 2.45) is 0 Å². The minimum Gasteiger partial charge on any atom is -0.478 e. The van der Waals surface area contributed by atoms with Gasteiger partial charge in [-0.15, -0.1) is 0 Å². The Morgan fingerprint density at radius 2 is 1.89 bits per heavy atom. The lowest BCUT2D eigenvalue weighted by Gasteiger charge is -2.31. The van der Waals surface area contributed by atoms with E-state index in [0.29, 0.717) is 48.4 Å². The number of amides is 3. The first-order chi connectivity index (χ1) is 17.2. The van der Waals surface area contributed by atoms with Crippen molar-refractivity contribution in [2.45, 2.75) is 31.5 Å². The van der Waals surface area contributed by atoms with Crippen molar-refractivity contribution in [2.75, 3.05) is 18.9 Å². The van der Waals surface area contributed by atoms with Gasteiger partial charge < -0.3 is 20.2 Å². The average molecular weight is 512 g/mol. The Labute approximate surface area is 211 Å². The number of urea groups is 1. The molecule has 2 N–H and O–H groups in total. The largest absolute Gasteiger partial charge is 0.478 e. The summed E-state index contributed by atoms with van der Waals surface area (Å²) in [5, 5.41) is 16.6. The van der Waals surface area contributed by atoms with Gasteiger partial charge in [-0.25, -0.2) is 14.0 Å². The monoisotopic (exact) mass is 511 g/mol. The maximum absolute atomic E-state index is 13.6. The van der Waals surface area contributed by atoms with Crippen molar-refractivity contribution in [1.29, 1.82) is 0 Å². The van der Waals surface area contributed by atoms with Crippen LogP contribution in [0.2, 0.25) is 5.02 Å².